The van der Waals surface area contributed by atoms with E-state index in [1.54, 1.807) is 7.11 Å². The highest BCUT2D eigenvalue weighted by molar-refractivity contribution is 6.30. The van der Waals surface area contributed by atoms with Crippen LogP contribution in [0.15, 0.2) is 28.8 Å². The van der Waals surface area contributed by atoms with Gasteiger partial charge < -0.3 is 14.6 Å². The Morgan fingerprint density at radius 3 is 2.75 bits per heavy atom. The number of carbonyl (C=O) groups excluding carboxylic acids is 1. The molecule has 0 spiro atoms. The quantitative estimate of drug-likeness (QED) is 0.831. The van der Waals surface area contributed by atoms with Crippen molar-refractivity contribution < 1.29 is 14.1 Å². The minimum Gasteiger partial charge on any atom is -0.384 e. The Kier molecular flexibility index (Phi) is 5.16. The maximum Gasteiger partial charge on any atom is 0.231 e. The van der Waals surface area contributed by atoms with Crippen molar-refractivity contribution in [3.8, 4) is 0 Å². The van der Waals surface area contributed by atoms with Gasteiger partial charge in [0.2, 0.25) is 11.8 Å². The van der Waals surface area contributed by atoms with Crippen LogP contribution >= 0.6 is 11.6 Å². The molecule has 3 rings (SSSR count). The van der Waals surface area contributed by atoms with E-state index in [4.69, 9.17) is 20.9 Å². The van der Waals surface area contributed by atoms with Crippen molar-refractivity contribution in [2.24, 2.45) is 0 Å². The molecule has 1 heterocycles. The first-order valence-electron chi connectivity index (χ1n) is 7.99. The molecule has 0 unspecified atom stereocenters. The van der Waals surface area contributed by atoms with Crippen LogP contribution in [0.5, 0.6) is 0 Å². The fourth-order valence-electron chi connectivity index (χ4n) is 2.93. The van der Waals surface area contributed by atoms with Crippen LogP contribution in [0.25, 0.3) is 0 Å². The molecule has 1 fully saturated rings. The molecule has 1 amide bonds. The van der Waals surface area contributed by atoms with Crippen LogP contribution in [-0.4, -0.2) is 29.8 Å². The summed E-state index contributed by atoms with van der Waals surface area (Å²) in [4.78, 5) is 17.0. The van der Waals surface area contributed by atoms with E-state index in [0.717, 1.165) is 24.8 Å². The van der Waals surface area contributed by atoms with Crippen LogP contribution in [0.1, 0.15) is 36.5 Å². The second kappa shape index (κ2) is 7.32. The predicted molar refractivity (Wildman–Crippen MR) is 88.7 cm³/mol. The van der Waals surface area contributed by atoms with Crippen LogP contribution in [0.4, 0.5) is 0 Å². The molecule has 6 nitrogen and oxygen atoms in total. The van der Waals surface area contributed by atoms with E-state index in [0.29, 0.717) is 29.8 Å². The fraction of sp³-hybridized carbons (Fsp3) is 0.471. The van der Waals surface area contributed by atoms with Crippen LogP contribution in [0.2, 0.25) is 5.02 Å². The summed E-state index contributed by atoms with van der Waals surface area (Å²) in [6.45, 7) is 0.776. The lowest BCUT2D eigenvalue weighted by atomic mass is 9.64. The zero-order valence-corrected chi connectivity index (χ0v) is 14.3. The summed E-state index contributed by atoms with van der Waals surface area (Å²) in [7, 11) is 1.62. The topological polar surface area (TPSA) is 77.2 Å². The Bertz CT molecular complexity index is 695. The normalized spacial score (nSPS) is 15.8. The SMILES string of the molecule is COCCc1nc(CNC(=O)C2(c3ccc(Cl)cc3)CCC2)no1. The molecule has 1 saturated carbocycles. The molecule has 1 aliphatic carbocycles. The zero-order chi connectivity index (χ0) is 17.0. The van der Waals surface area contributed by atoms with Crippen molar-refractivity contribution >= 4 is 17.5 Å². The van der Waals surface area contributed by atoms with Crippen LogP contribution < -0.4 is 5.32 Å². The molecular weight excluding hydrogens is 330 g/mol. The maximum absolute atomic E-state index is 12.7. The second-order valence-corrected chi connectivity index (χ2v) is 6.41. The molecule has 0 radical (unpaired) electrons. The third-order valence-electron chi connectivity index (χ3n) is 4.48. The van der Waals surface area contributed by atoms with Gasteiger partial charge in [-0.2, -0.15) is 4.98 Å². The number of halogens is 1. The minimum absolute atomic E-state index is 0.000635. The summed E-state index contributed by atoms with van der Waals surface area (Å²) in [5, 5.41) is 7.48. The highest BCUT2D eigenvalue weighted by Gasteiger charge is 2.45. The van der Waals surface area contributed by atoms with Gasteiger partial charge in [-0.05, 0) is 30.5 Å². The molecule has 7 heteroatoms. The smallest absolute Gasteiger partial charge is 0.231 e. The number of hydrogen-bond acceptors (Lipinski definition) is 5. The molecule has 2 aromatic rings. The average molecular weight is 350 g/mol. The van der Waals surface area contributed by atoms with Crippen molar-refractivity contribution in [3.63, 3.8) is 0 Å². The van der Waals surface area contributed by atoms with Crippen molar-refractivity contribution in [1.29, 1.82) is 0 Å². The molecule has 1 N–H and O–H groups in total. The molecule has 1 aromatic heterocycles. The molecule has 1 aliphatic rings. The zero-order valence-electron chi connectivity index (χ0n) is 13.5. The van der Waals surface area contributed by atoms with Crippen molar-refractivity contribution in [2.75, 3.05) is 13.7 Å². The molecule has 24 heavy (non-hydrogen) atoms. The summed E-state index contributed by atoms with van der Waals surface area (Å²) >= 11 is 5.95. The van der Waals surface area contributed by atoms with E-state index >= 15 is 0 Å². The Labute approximate surface area is 145 Å². The summed E-state index contributed by atoms with van der Waals surface area (Å²) < 4.78 is 10.1. The summed E-state index contributed by atoms with van der Waals surface area (Å²) in [5.41, 5.74) is 0.539. The number of benzene rings is 1. The maximum atomic E-state index is 12.7. The molecule has 0 bridgehead atoms. The molecule has 0 aliphatic heterocycles. The number of hydrogen-bond donors (Lipinski definition) is 1. The first-order chi connectivity index (χ1) is 11.6. The second-order valence-electron chi connectivity index (χ2n) is 5.97. The van der Waals surface area contributed by atoms with E-state index in [-0.39, 0.29) is 12.5 Å². The summed E-state index contributed by atoms with van der Waals surface area (Å²) in [5.74, 6) is 0.983. The van der Waals surface area contributed by atoms with E-state index in [1.165, 1.54) is 0 Å². The highest BCUT2D eigenvalue weighted by Crippen LogP contribution is 2.44. The first kappa shape index (κ1) is 16.9. The van der Waals surface area contributed by atoms with Gasteiger partial charge in [-0.3, -0.25) is 4.79 Å². The Morgan fingerprint density at radius 2 is 2.12 bits per heavy atom. The third kappa shape index (κ3) is 3.44. The third-order valence-corrected chi connectivity index (χ3v) is 4.73. The van der Waals surface area contributed by atoms with Gasteiger partial charge >= 0.3 is 0 Å². The number of rotatable bonds is 7. The average Bonchev–Trinajstić information content (AvgIpc) is 2.99. The lowest BCUT2D eigenvalue weighted by Crippen LogP contribution is -2.49. The van der Waals surface area contributed by atoms with Crippen LogP contribution in [0, 0.1) is 0 Å². The van der Waals surface area contributed by atoms with Gasteiger partial charge in [0.1, 0.15) is 0 Å². The highest BCUT2D eigenvalue weighted by atomic mass is 35.5. The van der Waals surface area contributed by atoms with Gasteiger partial charge in [0.15, 0.2) is 5.82 Å². The standard InChI is InChI=1S/C17H20ClN3O3/c1-23-10-7-15-20-14(21-24-15)11-19-16(22)17(8-2-9-17)12-3-5-13(18)6-4-12/h3-6H,2,7-11H2,1H3,(H,19,22). The molecule has 128 valence electrons. The lowest BCUT2D eigenvalue weighted by molar-refractivity contribution is -0.130. The fourth-order valence-corrected chi connectivity index (χ4v) is 3.05. The predicted octanol–water partition coefficient (Wildman–Crippen LogP) is 2.65. The molecule has 0 saturated heterocycles. The van der Waals surface area contributed by atoms with Crippen molar-refractivity contribution in [2.45, 2.75) is 37.6 Å². The first-order valence-corrected chi connectivity index (χ1v) is 8.36. The van der Waals surface area contributed by atoms with Gasteiger partial charge in [-0.25, -0.2) is 0 Å². The van der Waals surface area contributed by atoms with E-state index in [9.17, 15) is 4.79 Å². The van der Waals surface area contributed by atoms with Gasteiger partial charge in [-0.1, -0.05) is 35.3 Å². The van der Waals surface area contributed by atoms with E-state index in [1.807, 2.05) is 24.3 Å². The Hall–Kier alpha value is -1.92. The number of carbonyl (C=O) groups is 1. The number of ether oxygens (including phenoxy) is 1. The van der Waals surface area contributed by atoms with E-state index < -0.39 is 5.41 Å². The molecular formula is C17H20ClN3O3. The van der Waals surface area contributed by atoms with Gasteiger partial charge in [0.05, 0.1) is 25.0 Å². The number of nitrogens with zero attached hydrogens (tertiary/aromatic N) is 2. The van der Waals surface area contributed by atoms with Gasteiger partial charge in [0, 0.05) is 12.1 Å². The number of aromatic nitrogens is 2. The number of methoxy groups -OCH3 is 1. The van der Waals surface area contributed by atoms with Gasteiger partial charge in [0.25, 0.3) is 0 Å². The van der Waals surface area contributed by atoms with Crippen LogP contribution in [-0.2, 0) is 27.9 Å². The van der Waals surface area contributed by atoms with E-state index in [2.05, 4.69) is 15.5 Å². The monoisotopic (exact) mass is 349 g/mol. The Balaban J connectivity index is 1.63. The molecule has 1 aromatic carbocycles. The van der Waals surface area contributed by atoms with Crippen molar-refractivity contribution in [1.82, 2.24) is 15.5 Å². The minimum atomic E-state index is -0.465. The largest absolute Gasteiger partial charge is 0.384 e. The summed E-state index contributed by atoms with van der Waals surface area (Å²) in [6, 6.07) is 7.51. The number of nitrogens with one attached hydrogen (secondary N) is 1. The summed E-state index contributed by atoms with van der Waals surface area (Å²) in [6.07, 6.45) is 3.28. The van der Waals surface area contributed by atoms with Crippen molar-refractivity contribution in [3.05, 3.63) is 46.6 Å². The lowest BCUT2D eigenvalue weighted by Gasteiger charge is -2.40. The molecule has 0 atom stereocenters. The Morgan fingerprint density at radius 1 is 1.38 bits per heavy atom. The van der Waals surface area contributed by atoms with Gasteiger partial charge in [-0.15, -0.1) is 0 Å². The van der Waals surface area contributed by atoms with Crippen LogP contribution in [0.3, 0.4) is 0 Å². The number of amides is 1.